The van der Waals surface area contributed by atoms with Crippen LogP contribution in [0.3, 0.4) is 0 Å². The lowest BCUT2D eigenvalue weighted by Crippen LogP contribution is -2.40. The minimum atomic E-state index is -0.330. The summed E-state index contributed by atoms with van der Waals surface area (Å²) in [6.45, 7) is 1.70. The SMILES string of the molecule is O=C(Nc1ccc(F)cc1)N1CCn2cnnc2C1. The average molecular weight is 261 g/mol. The van der Waals surface area contributed by atoms with Gasteiger partial charge < -0.3 is 14.8 Å². The Hall–Kier alpha value is -2.44. The van der Waals surface area contributed by atoms with Crippen LogP contribution >= 0.6 is 0 Å². The molecule has 1 aliphatic rings. The van der Waals surface area contributed by atoms with E-state index < -0.39 is 0 Å². The Morgan fingerprint density at radius 2 is 2.05 bits per heavy atom. The number of rotatable bonds is 1. The Balaban J connectivity index is 1.67. The normalized spacial score (nSPS) is 14.1. The van der Waals surface area contributed by atoms with Gasteiger partial charge in [-0.25, -0.2) is 9.18 Å². The van der Waals surface area contributed by atoms with Gasteiger partial charge in [-0.05, 0) is 24.3 Å². The molecule has 1 aliphatic heterocycles. The maximum Gasteiger partial charge on any atom is 0.322 e. The fraction of sp³-hybridized carbons (Fsp3) is 0.250. The summed E-state index contributed by atoms with van der Waals surface area (Å²) >= 11 is 0. The summed E-state index contributed by atoms with van der Waals surface area (Å²) in [5.41, 5.74) is 0.568. The van der Waals surface area contributed by atoms with Crippen LogP contribution in [-0.4, -0.2) is 32.2 Å². The second-order valence-electron chi connectivity index (χ2n) is 4.30. The number of amides is 2. The fourth-order valence-electron chi connectivity index (χ4n) is 1.98. The summed E-state index contributed by atoms with van der Waals surface area (Å²) in [5.74, 6) is 0.435. The van der Waals surface area contributed by atoms with Gasteiger partial charge in [-0.1, -0.05) is 0 Å². The van der Waals surface area contributed by atoms with Crippen molar-refractivity contribution in [2.75, 3.05) is 11.9 Å². The molecule has 19 heavy (non-hydrogen) atoms. The Morgan fingerprint density at radius 3 is 2.84 bits per heavy atom. The lowest BCUT2D eigenvalue weighted by atomic mass is 10.3. The van der Waals surface area contributed by atoms with E-state index >= 15 is 0 Å². The zero-order valence-electron chi connectivity index (χ0n) is 10.1. The molecule has 0 spiro atoms. The summed E-state index contributed by atoms with van der Waals surface area (Å²) < 4.78 is 14.7. The van der Waals surface area contributed by atoms with Gasteiger partial charge in [0.25, 0.3) is 0 Å². The van der Waals surface area contributed by atoms with Crippen molar-refractivity contribution in [3.63, 3.8) is 0 Å². The van der Waals surface area contributed by atoms with E-state index in [4.69, 9.17) is 0 Å². The smallest absolute Gasteiger partial charge is 0.315 e. The third kappa shape index (κ3) is 2.40. The lowest BCUT2D eigenvalue weighted by molar-refractivity contribution is 0.195. The fourth-order valence-corrected chi connectivity index (χ4v) is 1.98. The third-order valence-corrected chi connectivity index (χ3v) is 3.02. The number of benzene rings is 1. The van der Waals surface area contributed by atoms with E-state index in [0.29, 0.717) is 25.3 Å². The molecule has 7 heteroatoms. The largest absolute Gasteiger partial charge is 0.322 e. The van der Waals surface area contributed by atoms with Crippen LogP contribution in [0.4, 0.5) is 14.9 Å². The molecule has 1 aromatic carbocycles. The number of anilines is 1. The average Bonchev–Trinajstić information content (AvgIpc) is 2.88. The number of aromatic nitrogens is 3. The van der Waals surface area contributed by atoms with E-state index in [2.05, 4.69) is 15.5 Å². The van der Waals surface area contributed by atoms with E-state index in [0.717, 1.165) is 5.82 Å². The summed E-state index contributed by atoms with van der Waals surface area (Å²) in [6.07, 6.45) is 1.66. The van der Waals surface area contributed by atoms with Gasteiger partial charge in [0.05, 0.1) is 6.54 Å². The number of fused-ring (bicyclic) bond motifs is 1. The van der Waals surface area contributed by atoms with Gasteiger partial charge in [0.15, 0.2) is 5.82 Å². The highest BCUT2D eigenvalue weighted by molar-refractivity contribution is 5.89. The van der Waals surface area contributed by atoms with Crippen LogP contribution in [0.15, 0.2) is 30.6 Å². The highest BCUT2D eigenvalue weighted by Gasteiger charge is 2.21. The van der Waals surface area contributed by atoms with Crippen LogP contribution in [0, 0.1) is 5.82 Å². The predicted octanol–water partition coefficient (Wildman–Crippen LogP) is 1.46. The van der Waals surface area contributed by atoms with Gasteiger partial charge in [-0.2, -0.15) is 0 Å². The summed E-state index contributed by atoms with van der Waals surface area (Å²) in [4.78, 5) is 13.7. The second-order valence-corrected chi connectivity index (χ2v) is 4.30. The molecule has 6 nitrogen and oxygen atoms in total. The van der Waals surface area contributed by atoms with Gasteiger partial charge in [0.1, 0.15) is 12.1 Å². The van der Waals surface area contributed by atoms with Crippen LogP contribution in [0.5, 0.6) is 0 Å². The molecule has 0 atom stereocenters. The number of nitrogens with zero attached hydrogens (tertiary/aromatic N) is 4. The molecule has 98 valence electrons. The first-order valence-corrected chi connectivity index (χ1v) is 5.90. The van der Waals surface area contributed by atoms with Crippen LogP contribution in [0.25, 0.3) is 0 Å². The number of halogens is 1. The van der Waals surface area contributed by atoms with Crippen molar-refractivity contribution in [3.05, 3.63) is 42.2 Å². The Labute approximate surface area is 108 Å². The van der Waals surface area contributed by atoms with Gasteiger partial charge in [0.2, 0.25) is 0 Å². The summed E-state index contributed by atoms with van der Waals surface area (Å²) in [6, 6.07) is 5.45. The molecule has 0 saturated carbocycles. The zero-order valence-corrected chi connectivity index (χ0v) is 10.1. The van der Waals surface area contributed by atoms with E-state index in [1.807, 2.05) is 4.57 Å². The van der Waals surface area contributed by atoms with Crippen molar-refractivity contribution < 1.29 is 9.18 Å². The van der Waals surface area contributed by atoms with E-state index in [1.54, 1.807) is 11.2 Å². The summed E-state index contributed by atoms with van der Waals surface area (Å²) in [5, 5.41) is 10.5. The summed E-state index contributed by atoms with van der Waals surface area (Å²) in [7, 11) is 0. The quantitative estimate of drug-likeness (QED) is 0.845. The number of carbonyl (C=O) groups excluding carboxylic acids is 1. The first-order valence-electron chi connectivity index (χ1n) is 5.90. The Bertz CT molecular complexity index is 594. The number of hydrogen-bond acceptors (Lipinski definition) is 3. The van der Waals surface area contributed by atoms with Crippen LogP contribution in [-0.2, 0) is 13.1 Å². The molecule has 1 aromatic heterocycles. The molecular weight excluding hydrogens is 249 g/mol. The Morgan fingerprint density at radius 1 is 1.26 bits per heavy atom. The molecule has 0 radical (unpaired) electrons. The maximum atomic E-state index is 12.8. The van der Waals surface area contributed by atoms with Gasteiger partial charge >= 0.3 is 6.03 Å². The highest BCUT2D eigenvalue weighted by atomic mass is 19.1. The topological polar surface area (TPSA) is 63.1 Å². The molecule has 0 fully saturated rings. The molecule has 0 aliphatic carbocycles. The van der Waals surface area contributed by atoms with Crippen LogP contribution < -0.4 is 5.32 Å². The first-order chi connectivity index (χ1) is 9.22. The standard InChI is InChI=1S/C12H12FN5O/c13-9-1-3-10(4-2-9)15-12(19)17-5-6-18-8-14-16-11(18)7-17/h1-4,8H,5-7H2,(H,15,19). The van der Waals surface area contributed by atoms with Gasteiger partial charge in [-0.15, -0.1) is 10.2 Å². The van der Waals surface area contributed by atoms with Crippen LogP contribution in [0.2, 0.25) is 0 Å². The minimum Gasteiger partial charge on any atom is -0.315 e. The minimum absolute atomic E-state index is 0.221. The molecule has 1 N–H and O–H groups in total. The lowest BCUT2D eigenvalue weighted by Gasteiger charge is -2.27. The van der Waals surface area contributed by atoms with Gasteiger partial charge in [0, 0.05) is 18.8 Å². The first kappa shape index (κ1) is 11.6. The highest BCUT2D eigenvalue weighted by Crippen LogP contribution is 2.13. The third-order valence-electron chi connectivity index (χ3n) is 3.02. The maximum absolute atomic E-state index is 12.8. The van der Waals surface area contributed by atoms with E-state index in [9.17, 15) is 9.18 Å². The van der Waals surface area contributed by atoms with Crippen molar-refractivity contribution in [1.82, 2.24) is 19.7 Å². The van der Waals surface area contributed by atoms with E-state index in [-0.39, 0.29) is 11.8 Å². The van der Waals surface area contributed by atoms with Crippen molar-refractivity contribution in [2.45, 2.75) is 13.1 Å². The second kappa shape index (κ2) is 4.68. The van der Waals surface area contributed by atoms with Crippen molar-refractivity contribution in [3.8, 4) is 0 Å². The molecule has 2 heterocycles. The van der Waals surface area contributed by atoms with Crippen LogP contribution in [0.1, 0.15) is 5.82 Å². The number of urea groups is 1. The number of carbonyl (C=O) groups is 1. The number of hydrogen-bond donors (Lipinski definition) is 1. The van der Waals surface area contributed by atoms with Crippen molar-refractivity contribution in [2.24, 2.45) is 0 Å². The monoisotopic (exact) mass is 261 g/mol. The molecule has 0 unspecified atom stereocenters. The molecule has 0 saturated heterocycles. The van der Waals surface area contributed by atoms with Gasteiger partial charge in [-0.3, -0.25) is 0 Å². The zero-order chi connectivity index (χ0) is 13.2. The predicted molar refractivity (Wildman–Crippen MR) is 65.9 cm³/mol. The molecule has 0 bridgehead atoms. The van der Waals surface area contributed by atoms with E-state index in [1.165, 1.54) is 24.3 Å². The van der Waals surface area contributed by atoms with Crippen molar-refractivity contribution in [1.29, 1.82) is 0 Å². The molecule has 3 rings (SSSR count). The molecular formula is C12H12FN5O. The molecule has 2 amide bonds. The molecule has 2 aromatic rings. The van der Waals surface area contributed by atoms with Crippen molar-refractivity contribution >= 4 is 11.7 Å². The Kier molecular flexibility index (Phi) is 2.86. The number of nitrogens with one attached hydrogen (secondary N) is 1.